The van der Waals surface area contributed by atoms with Crippen LogP contribution < -0.4 is 24.8 Å². The van der Waals surface area contributed by atoms with Crippen molar-refractivity contribution in [3.05, 3.63) is 123 Å². The van der Waals surface area contributed by atoms with E-state index in [-0.39, 0.29) is 24.8 Å². The Morgan fingerprint density at radius 2 is 1.45 bits per heavy atom. The second kappa shape index (κ2) is 16.4. The summed E-state index contributed by atoms with van der Waals surface area (Å²) in [5.74, 6) is 0. The molecule has 0 atom stereocenters. The van der Waals surface area contributed by atoms with E-state index in [1.54, 1.807) is 8.77 Å². The summed E-state index contributed by atoms with van der Waals surface area (Å²) in [5, 5.41) is 0. The van der Waals surface area contributed by atoms with Gasteiger partial charge < -0.3 is 24.8 Å². The number of aryl methyl sites for hydroxylation is 5. The normalized spacial score (nSPS) is 14.0. The number of hydrogen-bond acceptors (Lipinski definition) is 0. The molecule has 0 amide bonds. The fourth-order valence-electron chi connectivity index (χ4n) is 6.05. The van der Waals surface area contributed by atoms with E-state index in [4.69, 9.17) is 0 Å². The molecular formula is C39H46Cl2Zr-2. The molecule has 0 saturated heterocycles. The minimum atomic E-state index is 0. The van der Waals surface area contributed by atoms with Crippen molar-refractivity contribution >= 4 is 3.21 Å². The van der Waals surface area contributed by atoms with Crippen LogP contribution in [0.2, 0.25) is 0 Å². The maximum absolute atomic E-state index is 3.54. The molecule has 6 rings (SSSR count). The topological polar surface area (TPSA) is 0 Å². The average Bonchev–Trinajstić information content (AvgIpc) is 3.54. The number of rotatable bonds is 3. The first-order chi connectivity index (χ1) is 19.1. The maximum atomic E-state index is 3.54. The van der Waals surface area contributed by atoms with Gasteiger partial charge in [0.2, 0.25) is 0 Å². The summed E-state index contributed by atoms with van der Waals surface area (Å²) in [6.07, 6.45) is 9.28. The summed E-state index contributed by atoms with van der Waals surface area (Å²) in [7, 11) is 0. The van der Waals surface area contributed by atoms with Gasteiger partial charge in [0, 0.05) is 0 Å². The monoisotopic (exact) mass is 674 g/mol. The van der Waals surface area contributed by atoms with E-state index in [0.29, 0.717) is 5.41 Å². The largest absolute Gasteiger partial charge is 1.00 e. The molecule has 1 saturated carbocycles. The molecule has 0 spiro atoms. The zero-order valence-electron chi connectivity index (χ0n) is 26.6. The van der Waals surface area contributed by atoms with Gasteiger partial charge >= 0.3 is 76.7 Å². The van der Waals surface area contributed by atoms with Gasteiger partial charge in [0.05, 0.1) is 0 Å². The standard InChI is InChI=1S/C17H17.C13H19.C9H10.2ClH.Zr/c1-10-5-14-9-15-6-11(2)13(4)8-17(15)16(14)7-12(10)3;1-11-6-7-12(10-11)13(2)8-4-3-5-9-13;1-2-6-9-7-4-3-5-8-9;;;/h5,7-8H,9H2,1-4H3;6-7,10H,3-5,8-9H2,1-2H3;3-5,7-8H,2H2,1H3;2*1H;/q2*-1;;;;+2/p-2. The molecule has 222 valence electrons. The fourth-order valence-corrected chi connectivity index (χ4v) is 6.46. The predicted molar refractivity (Wildman–Crippen MR) is 171 cm³/mol. The van der Waals surface area contributed by atoms with E-state index in [0.717, 1.165) is 6.42 Å². The Labute approximate surface area is 283 Å². The molecule has 0 bridgehead atoms. The molecule has 0 unspecified atom stereocenters. The Morgan fingerprint density at radius 1 is 0.833 bits per heavy atom. The first-order valence-electron chi connectivity index (χ1n) is 15.1. The van der Waals surface area contributed by atoms with Crippen molar-refractivity contribution < 1.29 is 49.0 Å². The van der Waals surface area contributed by atoms with Gasteiger partial charge in [-0.05, 0) is 37.0 Å². The summed E-state index contributed by atoms with van der Waals surface area (Å²) >= 11 is 1.54. The first-order valence-corrected chi connectivity index (χ1v) is 16.3. The molecule has 2 aliphatic carbocycles. The molecule has 4 aromatic carbocycles. The quantitative estimate of drug-likeness (QED) is 0.249. The summed E-state index contributed by atoms with van der Waals surface area (Å²) in [6, 6.07) is 28.1. The molecule has 0 aromatic heterocycles. The van der Waals surface area contributed by atoms with Crippen molar-refractivity contribution in [2.75, 3.05) is 0 Å². The average molecular weight is 677 g/mol. The smallest absolute Gasteiger partial charge is 0.0253 e. The molecule has 0 N–H and O–H groups in total. The van der Waals surface area contributed by atoms with Crippen LogP contribution in [0.25, 0.3) is 11.1 Å². The van der Waals surface area contributed by atoms with Gasteiger partial charge in [0.1, 0.15) is 0 Å². The Balaban J connectivity index is 0.000000223. The van der Waals surface area contributed by atoms with Crippen LogP contribution in [-0.4, -0.2) is 3.21 Å². The summed E-state index contributed by atoms with van der Waals surface area (Å²) < 4.78 is 1.55. The molecule has 0 aliphatic heterocycles. The minimum Gasteiger partial charge on any atom is -1.00 e. The van der Waals surface area contributed by atoms with Crippen molar-refractivity contribution in [2.45, 2.75) is 98.8 Å². The molecule has 2 aliphatic rings. The zero-order valence-corrected chi connectivity index (χ0v) is 30.5. The Kier molecular flexibility index (Phi) is 14.3. The number of fused-ring (bicyclic) bond motifs is 3. The summed E-state index contributed by atoms with van der Waals surface area (Å²) in [6.45, 7) is 15.5. The third-order valence-corrected chi connectivity index (χ3v) is 10.6. The van der Waals surface area contributed by atoms with Crippen molar-refractivity contribution in [1.82, 2.24) is 0 Å². The van der Waals surface area contributed by atoms with Gasteiger partial charge in [0.15, 0.2) is 0 Å². The minimum absolute atomic E-state index is 0. The molecule has 0 radical (unpaired) electrons. The molecule has 42 heavy (non-hydrogen) atoms. The Bertz CT molecular complexity index is 1400. The Morgan fingerprint density at radius 3 is 2.05 bits per heavy atom. The van der Waals surface area contributed by atoms with Crippen molar-refractivity contribution in [2.24, 2.45) is 0 Å². The van der Waals surface area contributed by atoms with Crippen LogP contribution in [0, 0.1) is 40.7 Å². The van der Waals surface area contributed by atoms with E-state index in [2.05, 4.69) is 121 Å². The van der Waals surface area contributed by atoms with Crippen molar-refractivity contribution in [1.29, 1.82) is 0 Å². The van der Waals surface area contributed by atoms with E-state index < -0.39 is 0 Å². The van der Waals surface area contributed by atoms with Crippen LogP contribution in [0.5, 0.6) is 0 Å². The van der Waals surface area contributed by atoms with Gasteiger partial charge in [-0.1, -0.05) is 82.9 Å². The van der Waals surface area contributed by atoms with E-state index in [1.807, 2.05) is 0 Å². The van der Waals surface area contributed by atoms with Gasteiger partial charge in [-0.25, -0.2) is 6.07 Å². The van der Waals surface area contributed by atoms with Crippen LogP contribution in [-0.2, 0) is 36.1 Å². The predicted octanol–water partition coefficient (Wildman–Crippen LogP) is 4.40. The van der Waals surface area contributed by atoms with E-state index in [1.165, 1.54) is 118 Å². The van der Waals surface area contributed by atoms with Crippen molar-refractivity contribution in [3.63, 3.8) is 0 Å². The third kappa shape index (κ3) is 8.94. The van der Waals surface area contributed by atoms with Crippen LogP contribution >= 0.6 is 0 Å². The number of halogens is 2. The summed E-state index contributed by atoms with van der Waals surface area (Å²) in [4.78, 5) is 0. The second-order valence-corrected chi connectivity index (χ2v) is 13.7. The maximum Gasteiger partial charge on any atom is -0.0253 e. The van der Waals surface area contributed by atoms with Crippen LogP contribution in [0.3, 0.4) is 0 Å². The molecule has 1 fully saturated rings. The molecule has 0 nitrogen and oxygen atoms in total. The molecule has 4 aromatic rings. The Hall–Kier alpha value is -1.66. The molecule has 0 heterocycles. The number of hydrogen-bond donors (Lipinski definition) is 0. The first kappa shape index (κ1) is 36.5. The second-order valence-electron chi connectivity index (χ2n) is 12.2. The fraction of sp³-hybridized carbons (Fsp3) is 0.385. The van der Waals surface area contributed by atoms with Gasteiger partial charge in [-0.2, -0.15) is 46.5 Å². The van der Waals surface area contributed by atoms with Gasteiger partial charge in [-0.3, -0.25) is 0 Å². The van der Waals surface area contributed by atoms with E-state index >= 15 is 0 Å². The van der Waals surface area contributed by atoms with Crippen molar-refractivity contribution in [3.8, 4) is 11.1 Å². The van der Waals surface area contributed by atoms with Gasteiger partial charge in [-0.15, -0.1) is 11.1 Å². The third-order valence-electron chi connectivity index (χ3n) is 9.03. The number of benzene rings is 3. The van der Waals surface area contributed by atoms with Crippen LogP contribution in [0.4, 0.5) is 0 Å². The van der Waals surface area contributed by atoms with E-state index in [9.17, 15) is 0 Å². The van der Waals surface area contributed by atoms with Crippen LogP contribution in [0.1, 0.15) is 102 Å². The zero-order chi connectivity index (χ0) is 28.9. The molecular weight excluding hydrogens is 631 g/mol. The van der Waals surface area contributed by atoms with Crippen LogP contribution in [0.15, 0.2) is 66.7 Å². The molecule has 3 heteroatoms. The summed E-state index contributed by atoms with van der Waals surface area (Å²) in [5.41, 5.74) is 15.9. The SMILES string of the molecule is CC[C](=[Zr+2])c1ccccc1.Cc1[c-]c2c(cc1C)-c1cc(C)c(C)cc1C2.Cc1cc(C2(C)CCCCC2)c[cH-]1.[Cl-].[Cl-]. The van der Waals surface area contributed by atoms with Gasteiger partial charge in [0.25, 0.3) is 0 Å².